The summed E-state index contributed by atoms with van der Waals surface area (Å²) in [5, 5.41) is 7.30. The number of aromatic nitrogens is 4. The molecule has 0 atom stereocenters. The molecule has 2 heterocycles. The molecule has 0 saturated heterocycles. The van der Waals surface area contributed by atoms with Crippen molar-refractivity contribution in [3.8, 4) is 0 Å². The van der Waals surface area contributed by atoms with E-state index in [0.717, 1.165) is 5.82 Å². The van der Waals surface area contributed by atoms with E-state index in [1.165, 1.54) is 4.68 Å². The zero-order chi connectivity index (χ0) is 13.8. The molecule has 0 aromatic carbocycles. The molecule has 0 aliphatic carbocycles. The third kappa shape index (κ3) is 3.35. The lowest BCUT2D eigenvalue weighted by Gasteiger charge is -2.10. The summed E-state index contributed by atoms with van der Waals surface area (Å²) in [7, 11) is 0. The van der Waals surface area contributed by atoms with Crippen molar-refractivity contribution in [3.63, 3.8) is 0 Å². The van der Waals surface area contributed by atoms with Gasteiger partial charge in [0, 0.05) is 18.9 Å². The summed E-state index contributed by atoms with van der Waals surface area (Å²) in [6.45, 7) is 5.05. The zero-order valence-corrected chi connectivity index (χ0v) is 11.6. The molecule has 0 radical (unpaired) electrons. The van der Waals surface area contributed by atoms with Gasteiger partial charge in [-0.1, -0.05) is 25.4 Å². The highest BCUT2D eigenvalue weighted by molar-refractivity contribution is 6.32. The third-order valence-corrected chi connectivity index (χ3v) is 2.89. The van der Waals surface area contributed by atoms with Gasteiger partial charge in [0.25, 0.3) is 5.56 Å². The number of halogens is 1. The summed E-state index contributed by atoms with van der Waals surface area (Å²) in [6.07, 6.45) is 4.96. The maximum atomic E-state index is 12.0. The first-order valence-electron chi connectivity index (χ1n) is 6.05. The zero-order valence-electron chi connectivity index (χ0n) is 10.9. The van der Waals surface area contributed by atoms with E-state index in [2.05, 4.69) is 20.4 Å². The van der Waals surface area contributed by atoms with Crippen LogP contribution in [-0.4, -0.2) is 19.7 Å². The number of aromatic amines is 1. The average molecular weight is 282 g/mol. The molecule has 0 amide bonds. The minimum atomic E-state index is -0.278. The molecule has 2 N–H and O–H groups in total. The first-order valence-corrected chi connectivity index (χ1v) is 6.43. The van der Waals surface area contributed by atoms with Gasteiger partial charge in [0.2, 0.25) is 0 Å². The monoisotopic (exact) mass is 281 g/mol. The normalized spacial score (nSPS) is 10.9. The number of imidazole rings is 1. The molecule has 0 aliphatic rings. The Morgan fingerprint density at radius 3 is 2.95 bits per heavy atom. The van der Waals surface area contributed by atoms with Crippen molar-refractivity contribution >= 4 is 17.3 Å². The molecule has 2 aromatic rings. The molecule has 2 rings (SSSR count). The molecule has 2 aromatic heterocycles. The van der Waals surface area contributed by atoms with Gasteiger partial charge >= 0.3 is 0 Å². The summed E-state index contributed by atoms with van der Waals surface area (Å²) in [6, 6.07) is 0. The Morgan fingerprint density at radius 1 is 1.53 bits per heavy atom. The number of H-pyrrole nitrogens is 1. The molecule has 102 valence electrons. The molecule has 0 saturated carbocycles. The van der Waals surface area contributed by atoms with E-state index in [1.807, 2.05) is 13.8 Å². The maximum absolute atomic E-state index is 12.0. The number of nitrogens with zero attached hydrogens (tertiary/aromatic N) is 3. The summed E-state index contributed by atoms with van der Waals surface area (Å²) >= 11 is 6.06. The van der Waals surface area contributed by atoms with Crippen LogP contribution in [0.1, 0.15) is 19.7 Å². The first-order chi connectivity index (χ1) is 9.08. The second-order valence-electron chi connectivity index (χ2n) is 4.64. The number of anilines is 1. The van der Waals surface area contributed by atoms with Crippen LogP contribution in [-0.2, 0) is 13.1 Å². The lowest BCUT2D eigenvalue weighted by atomic mass is 10.2. The van der Waals surface area contributed by atoms with E-state index in [9.17, 15) is 4.79 Å². The predicted octanol–water partition coefficient (Wildman–Crippen LogP) is 1.89. The standard InChI is InChI=1S/C12H16ClN5O/c1-8(2)7-18-12(19)11(13)9(5-17-18)16-6-10-14-3-4-15-10/h3-5,8,16H,6-7H2,1-2H3,(H,14,15). The number of rotatable bonds is 5. The Morgan fingerprint density at radius 2 is 2.32 bits per heavy atom. The van der Waals surface area contributed by atoms with E-state index in [1.54, 1.807) is 18.6 Å². The van der Waals surface area contributed by atoms with Gasteiger partial charge in [-0.05, 0) is 5.92 Å². The summed E-state index contributed by atoms with van der Waals surface area (Å²) < 4.78 is 1.38. The van der Waals surface area contributed by atoms with Gasteiger partial charge in [-0.3, -0.25) is 4.79 Å². The van der Waals surface area contributed by atoms with Crippen LogP contribution >= 0.6 is 11.6 Å². The molecule has 0 aliphatic heterocycles. The quantitative estimate of drug-likeness (QED) is 0.877. The van der Waals surface area contributed by atoms with E-state index >= 15 is 0 Å². The Labute approximate surface area is 115 Å². The van der Waals surface area contributed by atoms with Crippen molar-refractivity contribution in [2.45, 2.75) is 26.9 Å². The van der Waals surface area contributed by atoms with Crippen LogP contribution < -0.4 is 10.9 Å². The smallest absolute Gasteiger partial charge is 0.287 e. The average Bonchev–Trinajstić information content (AvgIpc) is 2.87. The van der Waals surface area contributed by atoms with Crippen LogP contribution in [0.15, 0.2) is 23.4 Å². The highest BCUT2D eigenvalue weighted by Gasteiger charge is 2.10. The van der Waals surface area contributed by atoms with E-state index in [0.29, 0.717) is 24.7 Å². The molecule has 0 unspecified atom stereocenters. The van der Waals surface area contributed by atoms with Crippen LogP contribution in [0.5, 0.6) is 0 Å². The fourth-order valence-electron chi connectivity index (χ4n) is 1.64. The van der Waals surface area contributed by atoms with Crippen molar-refractivity contribution in [3.05, 3.63) is 39.8 Å². The van der Waals surface area contributed by atoms with Gasteiger partial charge in [0.05, 0.1) is 18.4 Å². The van der Waals surface area contributed by atoms with E-state index < -0.39 is 0 Å². The van der Waals surface area contributed by atoms with Gasteiger partial charge in [0.1, 0.15) is 10.8 Å². The molecular weight excluding hydrogens is 266 g/mol. The van der Waals surface area contributed by atoms with Gasteiger partial charge in [0.15, 0.2) is 0 Å². The highest BCUT2D eigenvalue weighted by Crippen LogP contribution is 2.16. The predicted molar refractivity (Wildman–Crippen MR) is 74.3 cm³/mol. The SMILES string of the molecule is CC(C)Cn1ncc(NCc2ncc[nH]2)c(Cl)c1=O. The molecule has 0 fully saturated rings. The van der Waals surface area contributed by atoms with E-state index in [-0.39, 0.29) is 10.6 Å². The molecule has 19 heavy (non-hydrogen) atoms. The second-order valence-corrected chi connectivity index (χ2v) is 5.02. The van der Waals surface area contributed by atoms with Gasteiger partial charge in [-0.2, -0.15) is 5.10 Å². The minimum absolute atomic E-state index is 0.155. The number of nitrogens with one attached hydrogen (secondary N) is 2. The van der Waals surface area contributed by atoms with Crippen LogP contribution in [0.3, 0.4) is 0 Å². The van der Waals surface area contributed by atoms with Crippen molar-refractivity contribution < 1.29 is 0 Å². The molecule has 7 heteroatoms. The third-order valence-electron chi connectivity index (χ3n) is 2.52. The minimum Gasteiger partial charge on any atom is -0.375 e. The summed E-state index contributed by atoms with van der Waals surface area (Å²) in [5.41, 5.74) is 0.239. The Bertz CT molecular complexity index is 591. The van der Waals surface area contributed by atoms with Crippen LogP contribution in [0, 0.1) is 5.92 Å². The Kier molecular flexibility index (Phi) is 4.21. The van der Waals surface area contributed by atoms with Crippen LogP contribution in [0.2, 0.25) is 5.02 Å². The molecule has 0 spiro atoms. The summed E-state index contributed by atoms with van der Waals surface area (Å²) in [4.78, 5) is 19.0. The number of hydrogen-bond acceptors (Lipinski definition) is 4. The topological polar surface area (TPSA) is 75.6 Å². The van der Waals surface area contributed by atoms with Crippen molar-refractivity contribution in [1.29, 1.82) is 0 Å². The highest BCUT2D eigenvalue weighted by atomic mass is 35.5. The molecule has 0 bridgehead atoms. The van der Waals surface area contributed by atoms with Crippen molar-refractivity contribution in [1.82, 2.24) is 19.7 Å². The molecule has 6 nitrogen and oxygen atoms in total. The lowest BCUT2D eigenvalue weighted by Crippen LogP contribution is -2.26. The van der Waals surface area contributed by atoms with Gasteiger partial charge < -0.3 is 10.3 Å². The summed E-state index contributed by atoms with van der Waals surface area (Å²) in [5.74, 6) is 1.10. The Hall–Kier alpha value is -1.82. The largest absolute Gasteiger partial charge is 0.375 e. The Balaban J connectivity index is 2.14. The van der Waals surface area contributed by atoms with Crippen LogP contribution in [0.25, 0.3) is 0 Å². The fraction of sp³-hybridized carbons (Fsp3) is 0.417. The van der Waals surface area contributed by atoms with Gasteiger partial charge in [-0.25, -0.2) is 9.67 Å². The second kappa shape index (κ2) is 5.88. The fourth-order valence-corrected chi connectivity index (χ4v) is 1.85. The number of hydrogen-bond donors (Lipinski definition) is 2. The lowest BCUT2D eigenvalue weighted by molar-refractivity contribution is 0.464. The van der Waals surface area contributed by atoms with Crippen molar-refractivity contribution in [2.24, 2.45) is 5.92 Å². The van der Waals surface area contributed by atoms with Crippen molar-refractivity contribution in [2.75, 3.05) is 5.32 Å². The maximum Gasteiger partial charge on any atom is 0.287 e. The van der Waals surface area contributed by atoms with E-state index in [4.69, 9.17) is 11.6 Å². The van der Waals surface area contributed by atoms with Crippen LogP contribution in [0.4, 0.5) is 5.69 Å². The first kappa shape index (κ1) is 13.6. The molecular formula is C12H16ClN5O. The van der Waals surface area contributed by atoms with Gasteiger partial charge in [-0.15, -0.1) is 0 Å².